The minimum absolute atomic E-state index is 0.382. The summed E-state index contributed by atoms with van der Waals surface area (Å²) in [7, 11) is 4.06. The molecule has 1 aromatic heterocycles. The van der Waals surface area contributed by atoms with E-state index >= 15 is 0 Å². The molecule has 0 radical (unpaired) electrons. The van der Waals surface area contributed by atoms with Crippen LogP contribution in [0.2, 0.25) is 0 Å². The van der Waals surface area contributed by atoms with Crippen molar-refractivity contribution in [3.8, 4) is 17.1 Å². The number of thioether (sulfide) groups is 1. The fourth-order valence-corrected chi connectivity index (χ4v) is 4.48. The average molecular weight is 500 g/mol. The van der Waals surface area contributed by atoms with Gasteiger partial charge in [0.05, 0.1) is 0 Å². The minimum Gasteiger partial charge on any atom is -0.448 e. The predicted octanol–water partition coefficient (Wildman–Crippen LogP) is 6.15. The number of unbranched alkanes of at least 4 members (excludes halogenated alkanes) is 2. The maximum absolute atomic E-state index is 6.37. The van der Waals surface area contributed by atoms with Gasteiger partial charge < -0.3 is 15.0 Å². The van der Waals surface area contributed by atoms with Crippen LogP contribution in [0.15, 0.2) is 52.1 Å². The summed E-state index contributed by atoms with van der Waals surface area (Å²) >= 11 is 5.19. The van der Waals surface area contributed by atoms with Crippen LogP contribution in [-0.2, 0) is 0 Å². The first-order chi connectivity index (χ1) is 15.0. The molecule has 0 unspecified atom stereocenters. The van der Waals surface area contributed by atoms with Crippen molar-refractivity contribution >= 4 is 39.1 Å². The van der Waals surface area contributed by atoms with Gasteiger partial charge in [0.1, 0.15) is 0 Å². The third-order valence-electron chi connectivity index (χ3n) is 5.08. The normalized spacial score (nSPS) is 14.6. The fourth-order valence-electron chi connectivity index (χ4n) is 3.34. The second kappa shape index (κ2) is 9.87. The number of nitrogens with one attached hydrogen (secondary N) is 1. The molecule has 0 amide bonds. The van der Waals surface area contributed by atoms with Crippen LogP contribution in [0.4, 0.5) is 11.4 Å². The van der Waals surface area contributed by atoms with Crippen molar-refractivity contribution in [3.63, 3.8) is 0 Å². The van der Waals surface area contributed by atoms with Gasteiger partial charge in [0, 0.05) is 46.8 Å². The van der Waals surface area contributed by atoms with Crippen molar-refractivity contribution in [3.05, 3.63) is 52.5 Å². The highest BCUT2D eigenvalue weighted by molar-refractivity contribution is 9.10. The molecule has 3 aromatic rings. The number of fused-ring (bicyclic) bond motifs is 3. The van der Waals surface area contributed by atoms with Crippen LogP contribution in [0.3, 0.4) is 0 Å². The lowest BCUT2D eigenvalue weighted by atomic mass is 10.1. The number of nitrogens with zero attached hydrogens (tertiary/aromatic N) is 4. The highest BCUT2D eigenvalue weighted by Gasteiger charge is 2.26. The van der Waals surface area contributed by atoms with Crippen molar-refractivity contribution in [1.82, 2.24) is 15.2 Å². The Morgan fingerprint density at radius 1 is 1.10 bits per heavy atom. The zero-order chi connectivity index (χ0) is 21.8. The molecule has 0 spiro atoms. The molecule has 8 heteroatoms. The Bertz CT molecular complexity index is 1040. The van der Waals surface area contributed by atoms with E-state index < -0.39 is 0 Å². The summed E-state index contributed by atoms with van der Waals surface area (Å²) in [5.74, 6) is 1.48. The Balaban J connectivity index is 1.69. The summed E-state index contributed by atoms with van der Waals surface area (Å²) < 4.78 is 7.33. The quantitative estimate of drug-likeness (QED) is 0.308. The zero-order valence-electron chi connectivity index (χ0n) is 17.9. The van der Waals surface area contributed by atoms with Gasteiger partial charge in [0.25, 0.3) is 0 Å². The maximum Gasteiger partial charge on any atom is 0.247 e. The molecule has 2 heterocycles. The zero-order valence-corrected chi connectivity index (χ0v) is 20.3. The van der Waals surface area contributed by atoms with E-state index in [4.69, 9.17) is 9.72 Å². The number of hydrogen-bond donors (Lipinski definition) is 1. The highest BCUT2D eigenvalue weighted by Crippen LogP contribution is 2.41. The predicted molar refractivity (Wildman–Crippen MR) is 131 cm³/mol. The van der Waals surface area contributed by atoms with Crippen LogP contribution < -0.4 is 15.0 Å². The number of rotatable bonds is 7. The molecule has 0 bridgehead atoms. The summed E-state index contributed by atoms with van der Waals surface area (Å²) in [6.07, 6.45) is 3.16. The summed E-state index contributed by atoms with van der Waals surface area (Å²) in [6, 6.07) is 14.4. The van der Waals surface area contributed by atoms with Gasteiger partial charge in [0.2, 0.25) is 11.0 Å². The molecule has 31 heavy (non-hydrogen) atoms. The molecule has 0 aliphatic carbocycles. The SMILES string of the molecule is CCCCCSc1nnc2c(n1)O[C@H](c1ccc(N(C)C)cc1)Nc1ccc(Br)cc1-2. The molecular weight excluding hydrogens is 474 g/mol. The van der Waals surface area contributed by atoms with Crippen LogP contribution >= 0.6 is 27.7 Å². The second-order valence-electron chi connectivity index (χ2n) is 7.62. The van der Waals surface area contributed by atoms with E-state index in [1.165, 1.54) is 12.8 Å². The molecule has 2 aromatic carbocycles. The Morgan fingerprint density at radius 2 is 1.90 bits per heavy atom. The topological polar surface area (TPSA) is 63.2 Å². The van der Waals surface area contributed by atoms with Gasteiger partial charge in [-0.3, -0.25) is 0 Å². The summed E-state index contributed by atoms with van der Waals surface area (Å²) in [4.78, 5) is 6.80. The van der Waals surface area contributed by atoms with Crippen molar-refractivity contribution in [2.75, 3.05) is 30.1 Å². The number of benzene rings is 2. The first-order valence-corrected chi connectivity index (χ1v) is 12.2. The van der Waals surface area contributed by atoms with Gasteiger partial charge in [0.15, 0.2) is 11.9 Å². The van der Waals surface area contributed by atoms with Gasteiger partial charge in [-0.2, -0.15) is 4.98 Å². The number of aromatic nitrogens is 3. The fraction of sp³-hybridized carbons (Fsp3) is 0.348. The average Bonchev–Trinajstić information content (AvgIpc) is 2.93. The molecule has 1 N–H and O–H groups in total. The van der Waals surface area contributed by atoms with E-state index in [1.54, 1.807) is 11.8 Å². The molecule has 1 atom stereocenters. The molecule has 0 saturated heterocycles. The monoisotopic (exact) mass is 499 g/mol. The number of halogens is 1. The first-order valence-electron chi connectivity index (χ1n) is 10.4. The van der Waals surface area contributed by atoms with E-state index in [-0.39, 0.29) is 6.23 Å². The molecule has 4 rings (SSSR count). The third kappa shape index (κ3) is 5.13. The molecular formula is C23H26BrN5OS. The van der Waals surface area contributed by atoms with Gasteiger partial charge in [-0.25, -0.2) is 0 Å². The van der Waals surface area contributed by atoms with Crippen molar-refractivity contribution in [1.29, 1.82) is 0 Å². The van der Waals surface area contributed by atoms with E-state index in [2.05, 4.69) is 67.5 Å². The molecule has 1 aliphatic heterocycles. The third-order valence-corrected chi connectivity index (χ3v) is 6.50. The van der Waals surface area contributed by atoms with Gasteiger partial charge in [-0.15, -0.1) is 10.2 Å². The lowest BCUT2D eigenvalue weighted by molar-refractivity contribution is 0.225. The highest BCUT2D eigenvalue weighted by atomic mass is 79.9. The van der Waals surface area contributed by atoms with Gasteiger partial charge >= 0.3 is 0 Å². The lowest BCUT2D eigenvalue weighted by Crippen LogP contribution is -2.17. The standard InChI is InChI=1S/C23H26BrN5OS/c1-4-5-6-13-31-23-26-22-20(27-28-23)18-14-16(24)9-12-19(18)25-21(30-22)15-7-10-17(11-8-15)29(2)3/h7-12,14,21,25H,4-6,13H2,1-3H3/t21-/m1/s1. The maximum atomic E-state index is 6.37. The Hall–Kier alpha value is -2.32. The van der Waals surface area contributed by atoms with Crippen molar-refractivity contribution < 1.29 is 4.74 Å². The Kier molecular flexibility index (Phi) is 6.97. The van der Waals surface area contributed by atoms with E-state index in [0.29, 0.717) is 16.7 Å². The smallest absolute Gasteiger partial charge is 0.247 e. The first kappa shape index (κ1) is 21.9. The lowest BCUT2D eigenvalue weighted by Gasteiger charge is -2.20. The van der Waals surface area contributed by atoms with Crippen LogP contribution in [0.1, 0.15) is 38.0 Å². The van der Waals surface area contributed by atoms with Crippen molar-refractivity contribution in [2.24, 2.45) is 0 Å². The van der Waals surface area contributed by atoms with Gasteiger partial charge in [-0.1, -0.05) is 59.6 Å². The van der Waals surface area contributed by atoms with E-state index in [9.17, 15) is 0 Å². The number of hydrogen-bond acceptors (Lipinski definition) is 7. The Labute approximate surface area is 196 Å². The molecule has 6 nitrogen and oxygen atoms in total. The number of ether oxygens (including phenoxy) is 1. The van der Waals surface area contributed by atoms with Crippen LogP contribution in [0, 0.1) is 0 Å². The molecule has 162 valence electrons. The van der Waals surface area contributed by atoms with Crippen LogP contribution in [-0.4, -0.2) is 35.0 Å². The molecule has 0 fully saturated rings. The Morgan fingerprint density at radius 3 is 2.65 bits per heavy atom. The number of anilines is 2. The van der Waals surface area contributed by atoms with Crippen LogP contribution in [0.5, 0.6) is 5.88 Å². The minimum atomic E-state index is -0.382. The summed E-state index contributed by atoms with van der Waals surface area (Å²) in [6.45, 7) is 2.20. The summed E-state index contributed by atoms with van der Waals surface area (Å²) in [5.41, 5.74) is 4.65. The summed E-state index contributed by atoms with van der Waals surface area (Å²) in [5, 5.41) is 13.0. The largest absolute Gasteiger partial charge is 0.448 e. The van der Waals surface area contributed by atoms with Crippen LogP contribution in [0.25, 0.3) is 11.3 Å². The second-order valence-corrected chi connectivity index (χ2v) is 9.60. The van der Waals surface area contributed by atoms with E-state index in [1.807, 2.05) is 32.3 Å². The van der Waals surface area contributed by atoms with Gasteiger partial charge in [-0.05, 0) is 36.8 Å². The molecule has 1 aliphatic rings. The molecule has 0 saturated carbocycles. The van der Waals surface area contributed by atoms with Crippen molar-refractivity contribution in [2.45, 2.75) is 37.6 Å². The van der Waals surface area contributed by atoms with E-state index in [0.717, 1.165) is 39.1 Å².